The Morgan fingerprint density at radius 2 is 1.83 bits per heavy atom. The van der Waals surface area contributed by atoms with Gasteiger partial charge in [0.05, 0.1) is 11.8 Å². The third kappa shape index (κ3) is 3.99. The minimum Gasteiger partial charge on any atom is -0.389 e. The van der Waals surface area contributed by atoms with Crippen LogP contribution >= 0.6 is 15.9 Å². The molecule has 0 saturated heterocycles. The molecule has 0 aliphatic rings. The number of aliphatic hydroxyl groups is 1. The molecule has 0 amide bonds. The minimum absolute atomic E-state index is 0.422. The quantitative estimate of drug-likeness (QED) is 0.872. The maximum atomic E-state index is 9.57. The van der Waals surface area contributed by atoms with Crippen LogP contribution in [-0.2, 0) is 0 Å². The van der Waals surface area contributed by atoms with E-state index in [0.717, 1.165) is 10.0 Å². The van der Waals surface area contributed by atoms with Crippen molar-refractivity contribution in [1.82, 2.24) is 0 Å². The molecule has 102 valence electrons. The van der Waals surface area contributed by atoms with Crippen LogP contribution in [0, 0.1) is 5.92 Å². The van der Waals surface area contributed by atoms with E-state index in [1.165, 1.54) is 12.1 Å². The highest BCUT2D eigenvalue weighted by Crippen LogP contribution is 2.30. The molecular weight excluding hydrogens is 290 g/mol. The van der Waals surface area contributed by atoms with Crippen molar-refractivity contribution in [3.8, 4) is 0 Å². The van der Waals surface area contributed by atoms with Crippen LogP contribution in [-0.4, -0.2) is 18.2 Å². The summed E-state index contributed by atoms with van der Waals surface area (Å²) in [5.74, 6) is 0.693. The van der Waals surface area contributed by atoms with Gasteiger partial charge in [0.1, 0.15) is 0 Å². The zero-order valence-electron chi connectivity index (χ0n) is 11.9. The van der Waals surface area contributed by atoms with Gasteiger partial charge in [-0.2, -0.15) is 0 Å². The first-order chi connectivity index (χ1) is 8.32. The summed E-state index contributed by atoms with van der Waals surface area (Å²) >= 11 is 3.60. The molecule has 1 N–H and O–H groups in total. The van der Waals surface area contributed by atoms with Gasteiger partial charge in [0.15, 0.2) is 0 Å². The van der Waals surface area contributed by atoms with Crippen molar-refractivity contribution in [2.75, 3.05) is 11.9 Å². The Balaban J connectivity index is 2.89. The number of hydrogen-bond donors (Lipinski definition) is 1. The van der Waals surface area contributed by atoms with E-state index in [0.29, 0.717) is 12.0 Å². The fourth-order valence-corrected chi connectivity index (χ4v) is 2.82. The summed E-state index contributed by atoms with van der Waals surface area (Å²) in [6, 6.07) is 6.56. The van der Waals surface area contributed by atoms with Gasteiger partial charge in [-0.15, -0.1) is 0 Å². The van der Waals surface area contributed by atoms with E-state index in [4.69, 9.17) is 0 Å². The highest BCUT2D eigenvalue weighted by Gasteiger charge is 2.15. The van der Waals surface area contributed by atoms with E-state index in [1.807, 2.05) is 12.1 Å². The first-order valence-corrected chi connectivity index (χ1v) is 7.32. The standard InChI is InChI=1S/C15H24BrNO/c1-10(2)8-11(3)17(5)15-7-6-13(12(4)18)9-14(15)16/h6-7,9-12,18H,8H2,1-5H3. The van der Waals surface area contributed by atoms with Crippen LogP contribution in [0.2, 0.25) is 0 Å². The van der Waals surface area contributed by atoms with Crippen LogP contribution in [0.1, 0.15) is 45.8 Å². The zero-order chi connectivity index (χ0) is 13.9. The summed E-state index contributed by atoms with van der Waals surface area (Å²) in [6.45, 7) is 8.52. The monoisotopic (exact) mass is 313 g/mol. The lowest BCUT2D eigenvalue weighted by Crippen LogP contribution is -2.30. The third-order valence-electron chi connectivity index (χ3n) is 3.31. The number of halogens is 1. The van der Waals surface area contributed by atoms with Gasteiger partial charge in [0.25, 0.3) is 0 Å². The van der Waals surface area contributed by atoms with Crippen LogP contribution in [0.25, 0.3) is 0 Å². The van der Waals surface area contributed by atoms with Crippen molar-refractivity contribution in [2.45, 2.75) is 46.3 Å². The van der Waals surface area contributed by atoms with Crippen LogP contribution in [0.15, 0.2) is 22.7 Å². The molecule has 0 bridgehead atoms. The molecule has 2 unspecified atom stereocenters. The second-order valence-electron chi connectivity index (χ2n) is 5.48. The average Bonchev–Trinajstić information content (AvgIpc) is 2.26. The number of anilines is 1. The molecule has 1 aromatic rings. The molecule has 2 nitrogen and oxygen atoms in total. The SMILES string of the molecule is CC(C)CC(C)N(C)c1ccc(C(C)O)cc1Br. The number of benzene rings is 1. The number of rotatable bonds is 5. The zero-order valence-corrected chi connectivity index (χ0v) is 13.5. The normalized spacial score (nSPS) is 14.7. The lowest BCUT2D eigenvalue weighted by molar-refractivity contribution is 0.199. The maximum absolute atomic E-state index is 9.57. The van der Waals surface area contributed by atoms with E-state index >= 15 is 0 Å². The van der Waals surface area contributed by atoms with Crippen molar-refractivity contribution < 1.29 is 5.11 Å². The predicted molar refractivity (Wildman–Crippen MR) is 82.1 cm³/mol. The van der Waals surface area contributed by atoms with E-state index in [2.05, 4.69) is 54.7 Å². The first-order valence-electron chi connectivity index (χ1n) is 6.53. The average molecular weight is 314 g/mol. The minimum atomic E-state index is -0.422. The Morgan fingerprint density at radius 3 is 2.28 bits per heavy atom. The maximum Gasteiger partial charge on any atom is 0.0762 e. The Kier molecular flexibility index (Phi) is 5.67. The summed E-state index contributed by atoms with van der Waals surface area (Å²) in [6.07, 6.45) is 0.745. The summed E-state index contributed by atoms with van der Waals surface area (Å²) in [4.78, 5) is 2.29. The highest BCUT2D eigenvalue weighted by atomic mass is 79.9. The molecule has 1 rings (SSSR count). The number of hydrogen-bond acceptors (Lipinski definition) is 2. The van der Waals surface area contributed by atoms with Gasteiger partial charge in [-0.3, -0.25) is 0 Å². The molecule has 1 aromatic carbocycles. The second-order valence-corrected chi connectivity index (χ2v) is 6.33. The summed E-state index contributed by atoms with van der Waals surface area (Å²) in [5, 5.41) is 9.57. The topological polar surface area (TPSA) is 23.5 Å². The second kappa shape index (κ2) is 6.58. The van der Waals surface area contributed by atoms with Crippen molar-refractivity contribution in [3.05, 3.63) is 28.2 Å². The predicted octanol–water partition coefficient (Wildman–Crippen LogP) is 4.37. The van der Waals surface area contributed by atoms with E-state index in [9.17, 15) is 5.11 Å². The third-order valence-corrected chi connectivity index (χ3v) is 3.94. The van der Waals surface area contributed by atoms with Crippen molar-refractivity contribution in [3.63, 3.8) is 0 Å². The number of aliphatic hydroxyl groups excluding tert-OH is 1. The number of nitrogens with zero attached hydrogens (tertiary/aromatic N) is 1. The molecule has 3 heteroatoms. The van der Waals surface area contributed by atoms with Gasteiger partial charge in [0, 0.05) is 17.6 Å². The highest BCUT2D eigenvalue weighted by molar-refractivity contribution is 9.10. The van der Waals surface area contributed by atoms with Crippen molar-refractivity contribution in [2.24, 2.45) is 5.92 Å². The van der Waals surface area contributed by atoms with Gasteiger partial charge in [-0.1, -0.05) is 19.9 Å². The molecule has 0 aliphatic carbocycles. The molecule has 2 atom stereocenters. The van der Waals surface area contributed by atoms with E-state index in [-0.39, 0.29) is 0 Å². The smallest absolute Gasteiger partial charge is 0.0762 e. The summed E-state index contributed by atoms with van der Waals surface area (Å²) in [7, 11) is 2.12. The van der Waals surface area contributed by atoms with Gasteiger partial charge >= 0.3 is 0 Å². The summed E-state index contributed by atoms with van der Waals surface area (Å²) in [5.41, 5.74) is 2.11. The van der Waals surface area contributed by atoms with Gasteiger partial charge in [-0.25, -0.2) is 0 Å². The van der Waals surface area contributed by atoms with Crippen LogP contribution in [0.4, 0.5) is 5.69 Å². The lowest BCUT2D eigenvalue weighted by atomic mass is 10.0. The Bertz CT molecular complexity index is 390. The largest absolute Gasteiger partial charge is 0.389 e. The first kappa shape index (κ1) is 15.5. The van der Waals surface area contributed by atoms with Gasteiger partial charge in [0.2, 0.25) is 0 Å². The van der Waals surface area contributed by atoms with Gasteiger partial charge in [-0.05, 0) is 59.8 Å². The molecule has 0 radical (unpaired) electrons. The molecule has 0 heterocycles. The van der Waals surface area contributed by atoms with E-state index < -0.39 is 6.10 Å². The fourth-order valence-electron chi connectivity index (χ4n) is 2.15. The molecule has 18 heavy (non-hydrogen) atoms. The van der Waals surface area contributed by atoms with E-state index in [1.54, 1.807) is 6.92 Å². The van der Waals surface area contributed by atoms with Crippen LogP contribution < -0.4 is 4.90 Å². The Labute approximate surface area is 119 Å². The Morgan fingerprint density at radius 1 is 1.22 bits per heavy atom. The van der Waals surface area contributed by atoms with Crippen molar-refractivity contribution in [1.29, 1.82) is 0 Å². The van der Waals surface area contributed by atoms with Gasteiger partial charge < -0.3 is 10.0 Å². The fraction of sp³-hybridized carbons (Fsp3) is 0.600. The molecule has 0 saturated carbocycles. The molecular formula is C15H24BrNO. The van der Waals surface area contributed by atoms with Crippen molar-refractivity contribution >= 4 is 21.6 Å². The molecule has 0 spiro atoms. The van der Waals surface area contributed by atoms with Crippen LogP contribution in [0.5, 0.6) is 0 Å². The molecule has 0 fully saturated rings. The van der Waals surface area contributed by atoms with Crippen LogP contribution in [0.3, 0.4) is 0 Å². The Hall–Kier alpha value is -0.540. The lowest BCUT2D eigenvalue weighted by Gasteiger charge is -2.29. The molecule has 0 aliphatic heterocycles. The molecule has 0 aromatic heterocycles. The summed E-state index contributed by atoms with van der Waals surface area (Å²) < 4.78 is 1.04.